The molecule has 0 saturated heterocycles. The number of hydrogen-bond acceptors (Lipinski definition) is 8. The van der Waals surface area contributed by atoms with Crippen LogP contribution in [-0.4, -0.2) is 42.6 Å². The minimum Gasteiger partial charge on any atom is -0.481 e. The number of nitrogens with two attached hydrogens (primary N) is 1. The van der Waals surface area contributed by atoms with Crippen molar-refractivity contribution in [3.63, 3.8) is 0 Å². The van der Waals surface area contributed by atoms with Gasteiger partial charge in [0.15, 0.2) is 11.5 Å². The van der Waals surface area contributed by atoms with E-state index in [0.717, 1.165) is 0 Å². The van der Waals surface area contributed by atoms with Gasteiger partial charge in [0, 0.05) is 13.5 Å². The Morgan fingerprint density at radius 1 is 1.38 bits per heavy atom. The van der Waals surface area contributed by atoms with Crippen molar-refractivity contribution >= 4 is 17.8 Å². The quantitative estimate of drug-likeness (QED) is 0.763. The van der Waals surface area contributed by atoms with Crippen molar-refractivity contribution in [1.29, 1.82) is 0 Å². The van der Waals surface area contributed by atoms with Crippen LogP contribution < -0.4 is 5.73 Å². The fraction of sp³-hybridized carbons (Fsp3) is 0.500. The molecule has 0 spiro atoms. The van der Waals surface area contributed by atoms with E-state index in [1.165, 1.54) is 4.68 Å². The van der Waals surface area contributed by atoms with Gasteiger partial charge in [0.25, 0.3) is 0 Å². The Kier molecular flexibility index (Phi) is 4.58. The summed E-state index contributed by atoms with van der Waals surface area (Å²) < 4.78 is 11.6. The van der Waals surface area contributed by atoms with Gasteiger partial charge in [-0.15, -0.1) is 0 Å². The Balaban J connectivity index is 2.37. The molecule has 0 aliphatic heterocycles. The molecule has 2 aromatic heterocycles. The van der Waals surface area contributed by atoms with Crippen LogP contribution in [0.15, 0.2) is 4.52 Å². The SMILES string of the molecule is Cn1nc(N)c(-c2noc(CCC(=O)O)n2)c1C(=O)OC(C)(C)C. The van der Waals surface area contributed by atoms with Gasteiger partial charge in [-0.05, 0) is 20.8 Å². The number of carbonyl (C=O) groups excluding carboxylic acids is 1. The smallest absolute Gasteiger partial charge is 0.357 e. The molecule has 0 aliphatic rings. The molecule has 0 aliphatic carbocycles. The fourth-order valence-electron chi connectivity index (χ4n) is 2.00. The molecule has 0 amide bonds. The molecule has 0 aromatic carbocycles. The second-order valence-electron chi connectivity index (χ2n) is 6.14. The third-order valence-corrected chi connectivity index (χ3v) is 2.91. The second-order valence-corrected chi connectivity index (χ2v) is 6.14. The number of carboxylic acid groups (broad SMARTS) is 1. The van der Waals surface area contributed by atoms with Crippen LogP contribution in [0.4, 0.5) is 5.82 Å². The van der Waals surface area contributed by atoms with E-state index in [1.54, 1.807) is 27.8 Å². The van der Waals surface area contributed by atoms with Crippen LogP contribution >= 0.6 is 0 Å². The molecule has 10 nitrogen and oxygen atoms in total. The van der Waals surface area contributed by atoms with Gasteiger partial charge in [-0.25, -0.2) is 4.79 Å². The van der Waals surface area contributed by atoms with Crippen molar-refractivity contribution in [1.82, 2.24) is 19.9 Å². The minimum atomic E-state index is -0.981. The zero-order chi connectivity index (χ0) is 18.1. The first-order chi connectivity index (χ1) is 11.1. The number of carbonyl (C=O) groups is 2. The predicted octanol–water partition coefficient (Wildman–Crippen LogP) is 1.02. The molecule has 0 radical (unpaired) electrons. The summed E-state index contributed by atoms with van der Waals surface area (Å²) in [6, 6.07) is 0. The molecule has 0 atom stereocenters. The maximum Gasteiger partial charge on any atom is 0.357 e. The zero-order valence-electron chi connectivity index (χ0n) is 13.9. The summed E-state index contributed by atoms with van der Waals surface area (Å²) in [6.07, 6.45) is -0.0760. The normalized spacial score (nSPS) is 11.5. The van der Waals surface area contributed by atoms with Crippen LogP contribution in [0.2, 0.25) is 0 Å². The topological polar surface area (TPSA) is 146 Å². The lowest BCUT2D eigenvalue weighted by Crippen LogP contribution is -2.25. The number of esters is 1. The maximum absolute atomic E-state index is 12.4. The molecule has 0 bridgehead atoms. The number of rotatable bonds is 5. The van der Waals surface area contributed by atoms with Gasteiger partial charge >= 0.3 is 11.9 Å². The second kappa shape index (κ2) is 6.30. The predicted molar refractivity (Wildman–Crippen MR) is 82.0 cm³/mol. The first kappa shape index (κ1) is 17.4. The van der Waals surface area contributed by atoms with Crippen LogP contribution in [0, 0.1) is 0 Å². The lowest BCUT2D eigenvalue weighted by Gasteiger charge is -2.19. The van der Waals surface area contributed by atoms with Gasteiger partial charge in [0.2, 0.25) is 11.7 Å². The van der Waals surface area contributed by atoms with E-state index in [-0.39, 0.29) is 41.6 Å². The molecule has 24 heavy (non-hydrogen) atoms. The van der Waals surface area contributed by atoms with E-state index in [9.17, 15) is 9.59 Å². The number of ether oxygens (including phenoxy) is 1. The van der Waals surface area contributed by atoms with Gasteiger partial charge in [-0.2, -0.15) is 10.1 Å². The average molecular weight is 337 g/mol. The van der Waals surface area contributed by atoms with Crippen molar-refractivity contribution < 1.29 is 24.0 Å². The highest BCUT2D eigenvalue weighted by Gasteiger charge is 2.29. The zero-order valence-corrected chi connectivity index (χ0v) is 13.9. The van der Waals surface area contributed by atoms with E-state index in [1.807, 2.05) is 0 Å². The van der Waals surface area contributed by atoms with Gasteiger partial charge in [-0.3, -0.25) is 9.48 Å². The minimum absolute atomic E-state index is 0.0453. The number of nitrogens with zero attached hydrogens (tertiary/aromatic N) is 4. The highest BCUT2D eigenvalue weighted by molar-refractivity contribution is 5.97. The van der Waals surface area contributed by atoms with Crippen molar-refractivity contribution in [3.8, 4) is 11.4 Å². The van der Waals surface area contributed by atoms with Crippen LogP contribution in [0.5, 0.6) is 0 Å². The number of anilines is 1. The number of nitrogen functional groups attached to an aromatic ring is 1. The Morgan fingerprint density at radius 3 is 2.62 bits per heavy atom. The molecule has 0 saturated carbocycles. The molecule has 0 fully saturated rings. The number of aliphatic carboxylic acids is 1. The van der Waals surface area contributed by atoms with Crippen LogP contribution in [0.1, 0.15) is 43.6 Å². The lowest BCUT2D eigenvalue weighted by molar-refractivity contribution is -0.137. The van der Waals surface area contributed by atoms with E-state index < -0.39 is 17.5 Å². The monoisotopic (exact) mass is 337 g/mol. The fourth-order valence-corrected chi connectivity index (χ4v) is 2.00. The summed E-state index contributed by atoms with van der Waals surface area (Å²) in [5, 5.41) is 16.4. The number of carboxylic acids is 1. The molecule has 2 aromatic rings. The van der Waals surface area contributed by atoms with Gasteiger partial charge in [0.1, 0.15) is 5.60 Å². The average Bonchev–Trinajstić information content (AvgIpc) is 2.98. The molecule has 0 unspecified atom stereocenters. The summed E-state index contributed by atoms with van der Waals surface area (Å²) in [6.45, 7) is 5.22. The Morgan fingerprint density at radius 2 is 2.04 bits per heavy atom. The Bertz CT molecular complexity index is 771. The number of aromatic nitrogens is 4. The first-order valence-electron chi connectivity index (χ1n) is 7.19. The van der Waals surface area contributed by atoms with E-state index >= 15 is 0 Å². The van der Waals surface area contributed by atoms with Crippen molar-refractivity contribution in [2.75, 3.05) is 5.73 Å². The van der Waals surface area contributed by atoms with Crippen LogP contribution in [-0.2, 0) is 23.0 Å². The van der Waals surface area contributed by atoms with E-state index in [0.29, 0.717) is 0 Å². The standard InChI is InChI=1S/C14H19N5O5/c1-14(2,3)23-13(22)10-9(11(15)17-19(10)4)12-16-7(24-18-12)5-6-8(20)21/h5-6H2,1-4H3,(H2,15,17)(H,20,21). The van der Waals surface area contributed by atoms with E-state index in [2.05, 4.69) is 15.2 Å². The lowest BCUT2D eigenvalue weighted by atomic mass is 10.1. The summed E-state index contributed by atoms with van der Waals surface area (Å²) in [7, 11) is 1.55. The number of hydrogen-bond donors (Lipinski definition) is 2. The molecular weight excluding hydrogens is 318 g/mol. The summed E-state index contributed by atoms with van der Waals surface area (Å²) in [5.41, 5.74) is 5.44. The third kappa shape index (κ3) is 3.89. The van der Waals surface area contributed by atoms with Crippen molar-refractivity contribution in [2.24, 2.45) is 7.05 Å². The van der Waals surface area contributed by atoms with Crippen LogP contribution in [0.3, 0.4) is 0 Å². The van der Waals surface area contributed by atoms with Gasteiger partial charge < -0.3 is 20.1 Å². The van der Waals surface area contributed by atoms with Crippen molar-refractivity contribution in [3.05, 3.63) is 11.6 Å². The largest absolute Gasteiger partial charge is 0.481 e. The number of aryl methyl sites for hydroxylation is 2. The molecular formula is C14H19N5O5. The summed E-state index contributed by atoms with van der Waals surface area (Å²) in [4.78, 5) is 27.1. The molecule has 3 N–H and O–H groups in total. The highest BCUT2D eigenvalue weighted by Crippen LogP contribution is 2.28. The van der Waals surface area contributed by atoms with Crippen molar-refractivity contribution in [2.45, 2.75) is 39.2 Å². The molecule has 130 valence electrons. The third-order valence-electron chi connectivity index (χ3n) is 2.91. The summed E-state index contributed by atoms with van der Waals surface area (Å²) >= 11 is 0. The summed E-state index contributed by atoms with van der Waals surface area (Å²) in [5.74, 6) is -1.37. The van der Waals surface area contributed by atoms with Crippen LogP contribution in [0.25, 0.3) is 11.4 Å². The van der Waals surface area contributed by atoms with Gasteiger partial charge in [0.05, 0.1) is 12.0 Å². The first-order valence-corrected chi connectivity index (χ1v) is 7.19. The Hall–Kier alpha value is -2.91. The molecule has 2 heterocycles. The molecule has 10 heteroatoms. The molecule has 2 rings (SSSR count). The maximum atomic E-state index is 12.4. The Labute approximate surface area is 137 Å². The highest BCUT2D eigenvalue weighted by atomic mass is 16.6. The van der Waals surface area contributed by atoms with E-state index in [4.69, 9.17) is 20.1 Å². The van der Waals surface area contributed by atoms with Gasteiger partial charge in [-0.1, -0.05) is 5.16 Å².